The topological polar surface area (TPSA) is 103 Å². The molecule has 1 aromatic carbocycles. The molecule has 0 saturated carbocycles. The minimum Gasteiger partial charge on any atom is -0.467 e. The van der Waals surface area contributed by atoms with Crippen LogP contribution in [-0.2, 0) is 23.5 Å². The smallest absolute Gasteiger partial charge is 0.270 e. The molecule has 0 fully saturated rings. The predicted octanol–water partition coefficient (Wildman–Crippen LogP) is 3.52. The van der Waals surface area contributed by atoms with Crippen LogP contribution in [0, 0.1) is 10.1 Å². The summed E-state index contributed by atoms with van der Waals surface area (Å²) < 4.78 is 10.8. The number of thiophene rings is 1. The van der Waals surface area contributed by atoms with Gasteiger partial charge in [-0.3, -0.25) is 15.2 Å². The van der Waals surface area contributed by atoms with Crippen molar-refractivity contribution in [3.05, 3.63) is 61.6 Å². The van der Waals surface area contributed by atoms with Gasteiger partial charge in [-0.1, -0.05) is 17.8 Å². The summed E-state index contributed by atoms with van der Waals surface area (Å²) in [6, 6.07) is 7.08. The van der Waals surface area contributed by atoms with Crippen LogP contribution in [0.25, 0.3) is 0 Å². The number of ether oxygens (including phenoxy) is 2. The lowest BCUT2D eigenvalue weighted by atomic mass is 10.1. The van der Waals surface area contributed by atoms with Gasteiger partial charge in [-0.15, -0.1) is 16.4 Å². The van der Waals surface area contributed by atoms with Gasteiger partial charge in [-0.05, 0) is 11.4 Å². The average molecular weight is 390 g/mol. The summed E-state index contributed by atoms with van der Waals surface area (Å²) >= 11 is 3.08. The van der Waals surface area contributed by atoms with E-state index in [1.807, 2.05) is 11.4 Å². The molecule has 3 heterocycles. The molecule has 8 nitrogen and oxygen atoms in total. The van der Waals surface area contributed by atoms with Crippen molar-refractivity contribution in [2.75, 3.05) is 6.79 Å². The molecule has 1 aliphatic rings. The van der Waals surface area contributed by atoms with Crippen LogP contribution >= 0.6 is 23.1 Å². The Bertz CT molecular complexity index is 926. The summed E-state index contributed by atoms with van der Waals surface area (Å²) in [5.41, 5.74) is 1.46. The molecule has 2 aromatic heterocycles. The summed E-state index contributed by atoms with van der Waals surface area (Å²) in [6.45, 7) is 0.453. The Labute approximate surface area is 156 Å². The number of nitro benzene ring substituents is 1. The molecule has 0 radical (unpaired) electrons. The van der Waals surface area contributed by atoms with Crippen molar-refractivity contribution in [3.63, 3.8) is 0 Å². The van der Waals surface area contributed by atoms with Crippen LogP contribution in [0.2, 0.25) is 0 Å². The van der Waals surface area contributed by atoms with Crippen molar-refractivity contribution in [1.29, 1.82) is 0 Å². The summed E-state index contributed by atoms with van der Waals surface area (Å²) in [5, 5.41) is 20.9. The first-order valence-electron chi connectivity index (χ1n) is 7.76. The van der Waals surface area contributed by atoms with E-state index in [0.29, 0.717) is 35.2 Å². The maximum absolute atomic E-state index is 11.2. The fourth-order valence-corrected chi connectivity index (χ4v) is 4.13. The molecule has 0 bridgehead atoms. The highest BCUT2D eigenvalue weighted by Crippen LogP contribution is 2.35. The second-order valence-electron chi connectivity index (χ2n) is 5.57. The van der Waals surface area contributed by atoms with Crippen LogP contribution in [0.1, 0.15) is 21.8 Å². The molecule has 3 aromatic rings. The Hall–Kier alpha value is -2.43. The molecule has 0 amide bonds. The molecule has 0 atom stereocenters. The van der Waals surface area contributed by atoms with Gasteiger partial charge in [0.1, 0.15) is 11.6 Å². The third-order valence-corrected chi connectivity index (χ3v) is 5.54. The Morgan fingerprint density at radius 3 is 3.15 bits per heavy atom. The van der Waals surface area contributed by atoms with Crippen LogP contribution in [0.4, 0.5) is 5.69 Å². The highest BCUT2D eigenvalue weighted by Gasteiger charge is 2.21. The molecule has 26 heavy (non-hydrogen) atoms. The molecular formula is C16H14N4O4S2. The highest BCUT2D eigenvalue weighted by molar-refractivity contribution is 7.98. The molecule has 0 spiro atoms. The maximum atomic E-state index is 11.2. The van der Waals surface area contributed by atoms with Crippen molar-refractivity contribution in [1.82, 2.24) is 15.2 Å². The van der Waals surface area contributed by atoms with Crippen molar-refractivity contribution in [3.8, 4) is 5.75 Å². The number of non-ortho nitro benzene ring substituents is 1. The van der Waals surface area contributed by atoms with Gasteiger partial charge in [0.25, 0.3) is 5.69 Å². The molecule has 134 valence electrons. The zero-order valence-corrected chi connectivity index (χ0v) is 15.1. The van der Waals surface area contributed by atoms with Gasteiger partial charge < -0.3 is 9.47 Å². The molecule has 0 aliphatic carbocycles. The van der Waals surface area contributed by atoms with Gasteiger partial charge in [-0.25, -0.2) is 4.98 Å². The van der Waals surface area contributed by atoms with E-state index in [4.69, 9.17) is 9.47 Å². The molecule has 1 N–H and O–H groups in total. The normalized spacial score (nSPS) is 13.2. The zero-order valence-electron chi connectivity index (χ0n) is 13.5. The number of H-pyrrole nitrogens is 1. The third-order valence-electron chi connectivity index (χ3n) is 3.77. The van der Waals surface area contributed by atoms with E-state index >= 15 is 0 Å². The number of aromatic nitrogens is 3. The van der Waals surface area contributed by atoms with Gasteiger partial charge in [0.15, 0.2) is 6.79 Å². The Kier molecular flexibility index (Phi) is 4.87. The van der Waals surface area contributed by atoms with E-state index in [1.54, 1.807) is 11.3 Å². The number of rotatable bonds is 6. The van der Waals surface area contributed by atoms with Crippen molar-refractivity contribution in [2.45, 2.75) is 23.9 Å². The molecular weight excluding hydrogens is 376 g/mol. The summed E-state index contributed by atoms with van der Waals surface area (Å²) in [5.74, 6) is 1.92. The number of nitro groups is 1. The number of thioether (sulfide) groups is 1. The second-order valence-corrected chi connectivity index (χ2v) is 7.55. The molecule has 4 rings (SSSR count). The molecule has 1 aliphatic heterocycles. The van der Waals surface area contributed by atoms with Gasteiger partial charge in [-0.2, -0.15) is 0 Å². The minimum absolute atomic E-state index is 0.0295. The van der Waals surface area contributed by atoms with Crippen LogP contribution in [0.3, 0.4) is 0 Å². The van der Waals surface area contributed by atoms with E-state index in [9.17, 15) is 10.1 Å². The number of nitrogens with one attached hydrogen (secondary N) is 1. The van der Waals surface area contributed by atoms with Crippen LogP contribution < -0.4 is 4.74 Å². The number of hydrogen-bond donors (Lipinski definition) is 1. The van der Waals surface area contributed by atoms with Crippen molar-refractivity contribution >= 4 is 28.8 Å². The van der Waals surface area contributed by atoms with E-state index in [2.05, 4.69) is 21.2 Å². The molecule has 0 saturated heterocycles. The summed E-state index contributed by atoms with van der Waals surface area (Å²) in [7, 11) is 0. The van der Waals surface area contributed by atoms with Crippen LogP contribution in [0.5, 0.6) is 5.75 Å². The maximum Gasteiger partial charge on any atom is 0.270 e. The largest absolute Gasteiger partial charge is 0.467 e. The SMILES string of the molecule is O=[N+]([O-])c1cc2c(c(CSc3n[nH]c(Cc4cccs4)n3)c1)OCOC2. The first-order chi connectivity index (χ1) is 12.7. The highest BCUT2D eigenvalue weighted by atomic mass is 32.2. The standard InChI is InChI=1S/C16H14N4O4S2/c21-20(22)12-4-10-7-23-9-24-15(10)11(5-12)8-26-16-17-14(18-19-16)6-13-2-1-3-25-13/h1-5H,6-9H2,(H,17,18,19). The number of nitrogens with zero attached hydrogens (tertiary/aromatic N) is 3. The van der Waals surface area contributed by atoms with Crippen LogP contribution in [-0.4, -0.2) is 26.9 Å². The summed E-state index contributed by atoms with van der Waals surface area (Å²) in [4.78, 5) is 16.4. The minimum atomic E-state index is -0.408. The van der Waals surface area contributed by atoms with E-state index < -0.39 is 4.92 Å². The molecule has 0 unspecified atom stereocenters. The lowest BCUT2D eigenvalue weighted by Crippen LogP contribution is -2.13. The second kappa shape index (κ2) is 7.44. The average Bonchev–Trinajstić information content (AvgIpc) is 3.32. The number of hydrogen-bond acceptors (Lipinski definition) is 8. The quantitative estimate of drug-likeness (QED) is 0.390. The van der Waals surface area contributed by atoms with Crippen molar-refractivity contribution < 1.29 is 14.4 Å². The predicted molar refractivity (Wildman–Crippen MR) is 96.4 cm³/mol. The lowest BCUT2D eigenvalue weighted by Gasteiger charge is -2.20. The first kappa shape index (κ1) is 17.0. The Balaban J connectivity index is 1.50. The zero-order chi connectivity index (χ0) is 17.9. The number of aromatic amines is 1. The molecule has 10 heteroatoms. The Morgan fingerprint density at radius 2 is 2.35 bits per heavy atom. The van der Waals surface area contributed by atoms with E-state index in [1.165, 1.54) is 28.8 Å². The number of benzene rings is 1. The van der Waals surface area contributed by atoms with E-state index in [0.717, 1.165) is 11.4 Å². The lowest BCUT2D eigenvalue weighted by molar-refractivity contribution is -0.385. The van der Waals surface area contributed by atoms with Gasteiger partial charge in [0, 0.05) is 40.3 Å². The van der Waals surface area contributed by atoms with Crippen molar-refractivity contribution in [2.24, 2.45) is 0 Å². The number of fused-ring (bicyclic) bond motifs is 1. The van der Waals surface area contributed by atoms with Gasteiger partial charge in [0.05, 0.1) is 11.5 Å². The summed E-state index contributed by atoms with van der Waals surface area (Å²) in [6.07, 6.45) is 0.706. The van der Waals surface area contributed by atoms with Gasteiger partial charge >= 0.3 is 0 Å². The third kappa shape index (κ3) is 3.71. The van der Waals surface area contributed by atoms with Gasteiger partial charge in [0.2, 0.25) is 5.16 Å². The Morgan fingerprint density at radius 1 is 1.42 bits per heavy atom. The van der Waals surface area contributed by atoms with E-state index in [-0.39, 0.29) is 12.5 Å². The van der Waals surface area contributed by atoms with Crippen LogP contribution in [0.15, 0.2) is 34.8 Å². The fourth-order valence-electron chi connectivity index (χ4n) is 2.64. The fraction of sp³-hybridized carbons (Fsp3) is 0.250. The first-order valence-corrected chi connectivity index (χ1v) is 9.63. The monoisotopic (exact) mass is 390 g/mol.